The molecule has 0 radical (unpaired) electrons. The lowest BCUT2D eigenvalue weighted by Gasteiger charge is -2.18. The van der Waals surface area contributed by atoms with Crippen LogP contribution in [-0.4, -0.2) is 53.4 Å². The maximum atomic E-state index is 14.7. The topological polar surface area (TPSA) is 115 Å². The van der Waals surface area contributed by atoms with Gasteiger partial charge in [-0.3, -0.25) is 14.4 Å². The van der Waals surface area contributed by atoms with E-state index in [1.807, 2.05) is 6.92 Å². The number of pyridine rings is 1. The molecule has 2 N–H and O–H groups in total. The van der Waals surface area contributed by atoms with Gasteiger partial charge in [-0.2, -0.15) is 0 Å². The molecule has 0 saturated carbocycles. The fraction of sp³-hybridized carbons (Fsp3) is 0.364. The van der Waals surface area contributed by atoms with E-state index in [0.29, 0.717) is 31.2 Å². The van der Waals surface area contributed by atoms with Crippen molar-refractivity contribution in [1.29, 1.82) is 0 Å². The summed E-state index contributed by atoms with van der Waals surface area (Å²) in [5, 5.41) is 0. The predicted molar refractivity (Wildman–Crippen MR) is 112 cm³/mol. The van der Waals surface area contributed by atoms with Crippen molar-refractivity contribution < 1.29 is 28.2 Å². The first-order valence-electron chi connectivity index (χ1n) is 10.3. The lowest BCUT2D eigenvalue weighted by molar-refractivity contribution is -0.123. The lowest BCUT2D eigenvalue weighted by atomic mass is 10.1. The number of fused-ring (bicyclic) bond motifs is 1. The molecule has 2 aliphatic heterocycles. The summed E-state index contributed by atoms with van der Waals surface area (Å²) in [5.41, 5.74) is 5.75. The van der Waals surface area contributed by atoms with Crippen molar-refractivity contribution in [2.45, 2.75) is 32.4 Å². The molecule has 1 saturated heterocycles. The molecule has 0 unspecified atom stereocenters. The molecule has 4 rings (SSSR count). The number of halogens is 1. The number of nitrogens with two attached hydrogens (primary N) is 1. The Morgan fingerprint density at radius 2 is 2.12 bits per heavy atom. The van der Waals surface area contributed by atoms with Crippen LogP contribution in [0.3, 0.4) is 0 Å². The van der Waals surface area contributed by atoms with Crippen LogP contribution in [0.25, 0.3) is 0 Å². The predicted octanol–water partition coefficient (Wildman–Crippen LogP) is 1.63. The third-order valence-corrected chi connectivity index (χ3v) is 5.30. The van der Waals surface area contributed by atoms with Gasteiger partial charge < -0.3 is 25.0 Å². The van der Waals surface area contributed by atoms with Crippen molar-refractivity contribution in [1.82, 2.24) is 9.88 Å². The Morgan fingerprint density at radius 1 is 1.31 bits per heavy atom. The van der Waals surface area contributed by atoms with Gasteiger partial charge in [-0.1, -0.05) is 6.92 Å². The molecule has 1 atom stereocenters. The van der Waals surface area contributed by atoms with E-state index in [2.05, 4.69) is 4.98 Å². The van der Waals surface area contributed by atoms with Crippen LogP contribution in [0, 0.1) is 5.82 Å². The maximum Gasteiger partial charge on any atom is 0.268 e. The molecule has 0 aliphatic carbocycles. The first kappa shape index (κ1) is 21.5. The summed E-state index contributed by atoms with van der Waals surface area (Å²) >= 11 is 0. The summed E-state index contributed by atoms with van der Waals surface area (Å²) in [6, 6.07) is 6.04. The normalized spacial score (nSPS) is 17.6. The molecule has 0 spiro atoms. The zero-order chi connectivity index (χ0) is 22.8. The van der Waals surface area contributed by atoms with Gasteiger partial charge in [0.15, 0.2) is 6.10 Å². The number of carbonyl (C=O) groups is 3. The highest BCUT2D eigenvalue weighted by Crippen LogP contribution is 2.32. The molecular weight excluding hydrogens is 419 g/mol. The minimum absolute atomic E-state index is 0.0339. The number of nitrogens with zero attached hydrogens (tertiary/aromatic N) is 3. The van der Waals surface area contributed by atoms with Crippen LogP contribution in [0.15, 0.2) is 30.5 Å². The first-order chi connectivity index (χ1) is 15.4. The molecule has 9 nitrogen and oxygen atoms in total. The van der Waals surface area contributed by atoms with E-state index < -0.39 is 23.7 Å². The Hall–Kier alpha value is -3.69. The smallest absolute Gasteiger partial charge is 0.268 e. The van der Waals surface area contributed by atoms with Crippen LogP contribution in [0.2, 0.25) is 0 Å². The van der Waals surface area contributed by atoms with Gasteiger partial charge in [0, 0.05) is 35.8 Å². The van der Waals surface area contributed by atoms with Crippen LogP contribution >= 0.6 is 0 Å². The summed E-state index contributed by atoms with van der Waals surface area (Å²) in [6.07, 6.45) is 2.00. The minimum Gasteiger partial charge on any atom is -0.479 e. The van der Waals surface area contributed by atoms with Crippen LogP contribution in [0.4, 0.5) is 10.1 Å². The molecule has 1 aromatic carbocycles. The molecule has 3 amide bonds. The number of aromatic nitrogens is 1. The van der Waals surface area contributed by atoms with E-state index in [1.54, 1.807) is 12.1 Å². The second kappa shape index (κ2) is 8.81. The van der Waals surface area contributed by atoms with Crippen LogP contribution < -0.4 is 20.1 Å². The second-order valence-corrected chi connectivity index (χ2v) is 7.65. The molecule has 32 heavy (non-hydrogen) atoms. The molecule has 168 valence electrons. The summed E-state index contributed by atoms with van der Waals surface area (Å²) in [4.78, 5) is 43.3. The summed E-state index contributed by atoms with van der Waals surface area (Å²) < 4.78 is 25.9. The van der Waals surface area contributed by atoms with Gasteiger partial charge in [0.1, 0.15) is 11.6 Å². The van der Waals surface area contributed by atoms with Crippen LogP contribution in [0.5, 0.6) is 11.6 Å². The van der Waals surface area contributed by atoms with E-state index in [1.165, 1.54) is 28.1 Å². The fourth-order valence-electron chi connectivity index (χ4n) is 3.79. The zero-order valence-electron chi connectivity index (χ0n) is 17.5. The van der Waals surface area contributed by atoms with Crippen molar-refractivity contribution in [2.24, 2.45) is 5.73 Å². The zero-order valence-corrected chi connectivity index (χ0v) is 17.5. The van der Waals surface area contributed by atoms with Crippen LogP contribution in [-0.2, 0) is 16.1 Å². The molecular formula is C22H23FN4O5. The average Bonchev–Trinajstić information content (AvgIpc) is 3.28. The molecule has 1 aromatic heterocycles. The lowest BCUT2D eigenvalue weighted by Crippen LogP contribution is -2.34. The number of hydrogen-bond acceptors (Lipinski definition) is 6. The van der Waals surface area contributed by atoms with Crippen molar-refractivity contribution in [2.75, 3.05) is 24.6 Å². The second-order valence-electron chi connectivity index (χ2n) is 7.65. The number of amides is 3. The highest BCUT2D eigenvalue weighted by molar-refractivity contribution is 6.03. The van der Waals surface area contributed by atoms with E-state index in [-0.39, 0.29) is 35.8 Å². The number of carbonyl (C=O) groups excluding carboxylic acids is 3. The SMILES string of the molecule is CCCOc1ccc(O[C@@H]2CCN(c3cc(F)c4c(c3)C(=O)N(CC(N)=O)C4)C2=O)cn1. The number of primary amides is 1. The highest BCUT2D eigenvalue weighted by atomic mass is 19.1. The molecule has 10 heteroatoms. The Morgan fingerprint density at radius 3 is 2.81 bits per heavy atom. The van der Waals surface area contributed by atoms with Crippen molar-refractivity contribution in [3.05, 3.63) is 47.4 Å². The monoisotopic (exact) mass is 442 g/mol. The largest absolute Gasteiger partial charge is 0.479 e. The van der Waals surface area contributed by atoms with Crippen molar-refractivity contribution in [3.8, 4) is 11.6 Å². The summed E-state index contributed by atoms with van der Waals surface area (Å²) in [6.45, 7) is 2.54. The van der Waals surface area contributed by atoms with E-state index in [0.717, 1.165) is 6.42 Å². The standard InChI is InChI=1S/C22H23FN4O5/c1-2-7-31-20-4-3-14(10-25-20)32-18-5-6-27(22(18)30)13-8-15-16(17(23)9-13)11-26(21(15)29)12-19(24)28/h3-4,8-10,18H,2,5-7,11-12H2,1H3,(H2,24,28)/t18-/m1/s1. The maximum absolute atomic E-state index is 14.7. The number of benzene rings is 1. The van der Waals surface area contributed by atoms with Gasteiger partial charge in [0.25, 0.3) is 11.8 Å². The molecule has 2 aliphatic rings. The van der Waals surface area contributed by atoms with Crippen molar-refractivity contribution >= 4 is 23.4 Å². The van der Waals surface area contributed by atoms with Gasteiger partial charge in [-0.25, -0.2) is 9.37 Å². The van der Waals surface area contributed by atoms with E-state index >= 15 is 0 Å². The third kappa shape index (κ3) is 4.20. The van der Waals surface area contributed by atoms with Gasteiger partial charge in [0.05, 0.1) is 25.9 Å². The fourth-order valence-corrected chi connectivity index (χ4v) is 3.79. The summed E-state index contributed by atoms with van der Waals surface area (Å²) in [5.74, 6) is -1.22. The molecule has 2 aromatic rings. The molecule has 3 heterocycles. The van der Waals surface area contributed by atoms with Crippen LogP contribution in [0.1, 0.15) is 35.7 Å². The average molecular weight is 442 g/mol. The van der Waals surface area contributed by atoms with Crippen molar-refractivity contribution in [3.63, 3.8) is 0 Å². The molecule has 0 bridgehead atoms. The van der Waals surface area contributed by atoms with E-state index in [9.17, 15) is 18.8 Å². The first-order valence-corrected chi connectivity index (χ1v) is 10.3. The summed E-state index contributed by atoms with van der Waals surface area (Å²) in [7, 11) is 0. The number of rotatable bonds is 8. The third-order valence-electron chi connectivity index (χ3n) is 5.30. The molecule has 1 fully saturated rings. The van der Waals surface area contributed by atoms with Gasteiger partial charge in [-0.05, 0) is 24.6 Å². The van der Waals surface area contributed by atoms with Gasteiger partial charge in [-0.15, -0.1) is 0 Å². The quantitative estimate of drug-likeness (QED) is 0.665. The number of ether oxygens (including phenoxy) is 2. The Bertz CT molecular complexity index is 1060. The Kier molecular flexibility index (Phi) is 5.93. The Balaban J connectivity index is 1.47. The van der Waals surface area contributed by atoms with Gasteiger partial charge >= 0.3 is 0 Å². The number of hydrogen-bond donors (Lipinski definition) is 1. The van der Waals surface area contributed by atoms with E-state index in [4.69, 9.17) is 15.2 Å². The number of anilines is 1. The highest BCUT2D eigenvalue weighted by Gasteiger charge is 2.37. The Labute approximate surface area is 183 Å². The van der Waals surface area contributed by atoms with Gasteiger partial charge in [0.2, 0.25) is 11.8 Å². The minimum atomic E-state index is -0.752.